The summed E-state index contributed by atoms with van der Waals surface area (Å²) in [6.45, 7) is 0. The van der Waals surface area contributed by atoms with Gasteiger partial charge in [0, 0.05) is 51.0 Å². The van der Waals surface area contributed by atoms with E-state index in [1.165, 1.54) is 123 Å². The summed E-state index contributed by atoms with van der Waals surface area (Å²) in [5.41, 5.74) is 4.12. The monoisotopic (exact) mass is 1080 g/mol. The number of allylic oxidation sites excluding steroid dienone is 8. The van der Waals surface area contributed by atoms with Gasteiger partial charge in [0.05, 0.1) is 0 Å². The van der Waals surface area contributed by atoms with Crippen LogP contribution in [0, 0.1) is 81.3 Å². The second-order valence-corrected chi connectivity index (χ2v) is 24.5. The second kappa shape index (κ2) is 21.2. The van der Waals surface area contributed by atoms with Gasteiger partial charge in [0.2, 0.25) is 0 Å². The summed E-state index contributed by atoms with van der Waals surface area (Å²) in [6.07, 6.45) is 17.0. The quantitative estimate of drug-likeness (QED) is 0.116. The number of para-hydroxylation sites is 2. The van der Waals surface area contributed by atoms with Crippen molar-refractivity contribution in [1.82, 2.24) is 0 Å². The molecule has 80 heavy (non-hydrogen) atoms. The molecule has 8 fully saturated rings. The minimum Gasteiger partial charge on any atom is -0.465 e. The van der Waals surface area contributed by atoms with Gasteiger partial charge >= 0.3 is 6.18 Å². The Hall–Kier alpha value is -7.51. The van der Waals surface area contributed by atoms with Crippen molar-refractivity contribution in [2.45, 2.75) is 107 Å². The number of ether oxygens (including phenoxy) is 1. The van der Waals surface area contributed by atoms with Gasteiger partial charge < -0.3 is 14.5 Å². The van der Waals surface area contributed by atoms with Gasteiger partial charge in [-0.15, -0.1) is 0 Å². The first-order chi connectivity index (χ1) is 39.0. The minimum atomic E-state index is -5.11. The van der Waals surface area contributed by atoms with Crippen LogP contribution in [0.4, 0.5) is 35.9 Å². The highest BCUT2D eigenvalue weighted by Gasteiger charge is 2.65. The topological polar surface area (TPSA) is 87.1 Å². The molecule has 0 saturated heterocycles. The van der Waals surface area contributed by atoms with E-state index in [-0.39, 0.29) is 5.56 Å². The largest absolute Gasteiger partial charge is 0.465 e. The fourth-order valence-corrected chi connectivity index (χ4v) is 17.1. The van der Waals surface area contributed by atoms with Crippen LogP contribution in [0.1, 0.15) is 100 Å². The van der Waals surface area contributed by atoms with E-state index in [0.29, 0.717) is 65.6 Å². The van der Waals surface area contributed by atoms with Crippen LogP contribution in [0.2, 0.25) is 0 Å². The number of anilines is 4. The Kier molecular flexibility index (Phi) is 13.7. The number of rotatable bonds is 12. The average Bonchev–Trinajstić information content (AvgIpc) is 3.48. The molecule has 1 atom stereocenters. The third kappa shape index (κ3) is 9.19. The first-order valence-electron chi connectivity index (χ1n) is 28.9. The fraction of sp³-hybridized carbons (Fsp3) is 0.357. The predicted molar refractivity (Wildman–Crippen MR) is 309 cm³/mol. The molecule has 15 rings (SSSR count). The Bertz CT molecular complexity index is 3300. The van der Waals surface area contributed by atoms with Crippen LogP contribution >= 0.6 is 11.6 Å². The van der Waals surface area contributed by atoms with Gasteiger partial charge in [-0.1, -0.05) is 127 Å². The molecule has 1 unspecified atom stereocenters. The van der Waals surface area contributed by atoms with Crippen molar-refractivity contribution < 1.29 is 17.9 Å². The SMILES string of the molecule is N#CC(C#N)=C1OC(c2ccccc2)(C(F)(F)F)C(/C=C/C2=C(Cl)C(=C/C=C(c3ccc(N(c4ccccc4)C4C5CC6CC(C5)CC4C6)cc3)c3ccc(N(c4ccccc4)C4C5CC6CC(C5)CC4C6)cc3)/CCC2)=C1C#N. The van der Waals surface area contributed by atoms with Crippen LogP contribution in [0.5, 0.6) is 0 Å². The molecule has 402 valence electrons. The van der Waals surface area contributed by atoms with Gasteiger partial charge in [-0.25, -0.2) is 0 Å². The Morgan fingerprint density at radius 1 is 0.562 bits per heavy atom. The number of hydrogen-bond donors (Lipinski definition) is 0. The second-order valence-electron chi connectivity index (χ2n) is 24.1. The van der Waals surface area contributed by atoms with Gasteiger partial charge in [0.25, 0.3) is 5.60 Å². The van der Waals surface area contributed by atoms with E-state index in [1.54, 1.807) is 18.2 Å². The molecule has 1 heterocycles. The lowest BCUT2D eigenvalue weighted by molar-refractivity contribution is -0.249. The number of nitrogens with zero attached hydrogens (tertiary/aromatic N) is 5. The van der Waals surface area contributed by atoms with E-state index in [2.05, 4.69) is 131 Å². The van der Waals surface area contributed by atoms with Crippen molar-refractivity contribution in [1.29, 1.82) is 15.8 Å². The summed E-state index contributed by atoms with van der Waals surface area (Å²) in [4.78, 5) is 5.30. The molecule has 0 spiro atoms. The zero-order valence-electron chi connectivity index (χ0n) is 44.7. The van der Waals surface area contributed by atoms with Gasteiger partial charge in [0.15, 0.2) is 11.3 Å². The lowest BCUT2D eigenvalue weighted by Crippen LogP contribution is -2.54. The molecule has 0 amide bonds. The van der Waals surface area contributed by atoms with Crippen LogP contribution in [-0.2, 0) is 10.3 Å². The van der Waals surface area contributed by atoms with Crippen molar-refractivity contribution in [3.8, 4) is 18.2 Å². The maximum absolute atomic E-state index is 15.7. The molecule has 5 aromatic carbocycles. The minimum absolute atomic E-state index is 0.297. The normalized spacial score (nSPS) is 29.6. The molecule has 0 aromatic heterocycles. The highest BCUT2D eigenvalue weighted by Crippen LogP contribution is 2.60. The van der Waals surface area contributed by atoms with Crippen LogP contribution in [-0.4, -0.2) is 18.3 Å². The highest BCUT2D eigenvalue weighted by atomic mass is 35.5. The standard InChI is InChI=1S/C70H63ClF3N5O/c71-65-50(11-10-12-51(65)24-30-64-63(43-77)68(56(41-75)42-76)80-69(64,70(72,73)74)57-13-4-1-5-14-57)23-29-62(48-19-25-60(26-20-48)78(58-15-6-2-7-16-58)66-52-33-44-31-45(35-52)36-53(66)34-44)49-21-27-61(28-22-49)79(59-17-8-3-9-18-59)67-54-37-46-32-47(39-54)40-55(67)38-46/h1-9,13-30,44-47,52-55,66-67H,10-12,31-40H2/b30-24+,50-23+,62-29?. The summed E-state index contributed by atoms with van der Waals surface area (Å²) < 4.78 is 52.8. The maximum Gasteiger partial charge on any atom is 0.437 e. The fourth-order valence-electron chi connectivity index (χ4n) is 16.8. The number of halogens is 4. The van der Waals surface area contributed by atoms with Crippen LogP contribution in [0.15, 0.2) is 202 Å². The van der Waals surface area contributed by atoms with Crippen LogP contribution < -0.4 is 9.80 Å². The highest BCUT2D eigenvalue weighted by molar-refractivity contribution is 6.32. The summed E-state index contributed by atoms with van der Waals surface area (Å²) in [5.74, 6) is 5.44. The van der Waals surface area contributed by atoms with Gasteiger partial charge in [-0.2, -0.15) is 29.0 Å². The molecule has 1 aliphatic heterocycles. The molecule has 10 aliphatic rings. The van der Waals surface area contributed by atoms with Crippen molar-refractivity contribution in [2.75, 3.05) is 9.80 Å². The summed E-state index contributed by atoms with van der Waals surface area (Å²) in [5, 5.41) is 30.5. The summed E-state index contributed by atoms with van der Waals surface area (Å²) in [6, 6.07) is 53.1. The van der Waals surface area contributed by atoms with E-state index in [9.17, 15) is 15.8 Å². The van der Waals surface area contributed by atoms with Crippen LogP contribution in [0.3, 0.4) is 0 Å². The number of benzene rings is 5. The average molecular weight is 1080 g/mol. The first-order valence-corrected chi connectivity index (χ1v) is 29.3. The zero-order valence-corrected chi connectivity index (χ0v) is 45.5. The molecule has 5 aromatic rings. The molecule has 6 nitrogen and oxygen atoms in total. The maximum atomic E-state index is 15.7. The summed E-state index contributed by atoms with van der Waals surface area (Å²) >= 11 is 7.35. The van der Waals surface area contributed by atoms with Crippen molar-refractivity contribution in [2.24, 2.45) is 47.3 Å². The molecule has 8 bridgehead atoms. The number of hydrogen-bond acceptors (Lipinski definition) is 6. The molecular weight excluding hydrogens is 1020 g/mol. The zero-order chi connectivity index (χ0) is 54.7. The van der Waals surface area contributed by atoms with Gasteiger partial charge in [-0.3, -0.25) is 0 Å². The van der Waals surface area contributed by atoms with Crippen molar-refractivity contribution in [3.63, 3.8) is 0 Å². The molecule has 8 saturated carbocycles. The third-order valence-corrected chi connectivity index (χ3v) is 20.0. The van der Waals surface area contributed by atoms with E-state index < -0.39 is 34.3 Å². The molecule has 0 N–H and O–H groups in total. The Morgan fingerprint density at radius 2 is 1.00 bits per heavy atom. The Balaban J connectivity index is 0.894. The smallest absolute Gasteiger partial charge is 0.437 e. The third-order valence-electron chi connectivity index (χ3n) is 19.6. The Morgan fingerprint density at radius 3 is 1.43 bits per heavy atom. The van der Waals surface area contributed by atoms with Crippen LogP contribution in [0.25, 0.3) is 5.57 Å². The Labute approximate surface area is 473 Å². The van der Waals surface area contributed by atoms with Crippen molar-refractivity contribution in [3.05, 3.63) is 219 Å². The number of nitriles is 3. The lowest BCUT2D eigenvalue weighted by Gasteiger charge is -2.57. The van der Waals surface area contributed by atoms with Crippen molar-refractivity contribution >= 4 is 39.9 Å². The van der Waals surface area contributed by atoms with E-state index in [1.807, 2.05) is 6.07 Å². The molecule has 10 heteroatoms. The van der Waals surface area contributed by atoms with E-state index in [4.69, 9.17) is 16.3 Å². The predicted octanol–water partition coefficient (Wildman–Crippen LogP) is 17.8. The summed E-state index contributed by atoms with van der Waals surface area (Å²) in [7, 11) is 0. The van der Waals surface area contributed by atoms with Gasteiger partial charge in [0.1, 0.15) is 23.8 Å². The van der Waals surface area contributed by atoms with E-state index in [0.717, 1.165) is 45.9 Å². The van der Waals surface area contributed by atoms with E-state index >= 15 is 13.2 Å². The molecular formula is C70H63ClF3N5O. The van der Waals surface area contributed by atoms with Gasteiger partial charge in [-0.05, 0) is 207 Å². The lowest BCUT2D eigenvalue weighted by atomic mass is 9.53. The number of alkyl halides is 3. The first kappa shape index (κ1) is 51.9. The molecule has 0 radical (unpaired) electrons. The molecule has 9 aliphatic carbocycles.